The molecule has 1 amide bonds. The Labute approximate surface area is 134 Å². The molecule has 0 spiro atoms. The molecule has 1 aromatic heterocycles. The fourth-order valence-corrected chi connectivity index (χ4v) is 3.43. The van der Waals surface area contributed by atoms with Gasteiger partial charge in [-0.05, 0) is 37.5 Å². The van der Waals surface area contributed by atoms with Gasteiger partial charge < -0.3 is 19.4 Å². The maximum atomic E-state index is 12.7. The summed E-state index contributed by atoms with van der Waals surface area (Å²) in [5, 5.41) is 0. The van der Waals surface area contributed by atoms with Crippen molar-refractivity contribution < 1.29 is 14.3 Å². The molecular weight excluding hydrogens is 294 g/mol. The molecular formula is C17H21N3O3. The van der Waals surface area contributed by atoms with Crippen LogP contribution in [0.4, 0.5) is 0 Å². The highest BCUT2D eigenvalue weighted by molar-refractivity contribution is 5.82. The first kappa shape index (κ1) is 14.7. The highest BCUT2D eigenvalue weighted by atomic mass is 16.6. The van der Waals surface area contributed by atoms with E-state index in [9.17, 15) is 4.79 Å². The van der Waals surface area contributed by atoms with Gasteiger partial charge in [-0.1, -0.05) is 6.07 Å². The maximum absolute atomic E-state index is 12.7. The van der Waals surface area contributed by atoms with Crippen LogP contribution in [0.15, 0.2) is 18.2 Å². The maximum Gasteiger partial charge on any atom is 0.254 e. The van der Waals surface area contributed by atoms with Crippen LogP contribution in [-0.2, 0) is 14.3 Å². The lowest BCUT2D eigenvalue weighted by Gasteiger charge is -2.29. The van der Waals surface area contributed by atoms with E-state index in [1.807, 2.05) is 11.0 Å². The Balaban J connectivity index is 1.59. The molecule has 1 aromatic carbocycles. The largest absolute Gasteiger partial charge is 0.376 e. The summed E-state index contributed by atoms with van der Waals surface area (Å²) < 4.78 is 10.9. The lowest BCUT2D eigenvalue weighted by atomic mass is 10.2. The number of aryl methyl sites for hydroxylation is 1. The summed E-state index contributed by atoms with van der Waals surface area (Å²) in [5.74, 6) is 0.886. The first-order valence-corrected chi connectivity index (χ1v) is 8.18. The summed E-state index contributed by atoms with van der Waals surface area (Å²) in [6.45, 7) is 4.21. The number of nitrogens with one attached hydrogen (secondary N) is 1. The third-order valence-electron chi connectivity index (χ3n) is 4.60. The number of fused-ring (bicyclic) bond motifs is 1. The summed E-state index contributed by atoms with van der Waals surface area (Å²) in [6.07, 6.45) is 1.44. The second kappa shape index (κ2) is 5.94. The van der Waals surface area contributed by atoms with Crippen LogP contribution in [-0.4, -0.2) is 53.2 Å². The Kier molecular flexibility index (Phi) is 3.79. The minimum Gasteiger partial charge on any atom is -0.376 e. The average molecular weight is 315 g/mol. The second-order valence-electron chi connectivity index (χ2n) is 6.27. The highest BCUT2D eigenvalue weighted by Gasteiger charge is 2.36. The molecule has 0 aliphatic carbocycles. The monoisotopic (exact) mass is 315 g/mol. The second-order valence-corrected chi connectivity index (χ2v) is 6.27. The van der Waals surface area contributed by atoms with Gasteiger partial charge in [-0.3, -0.25) is 4.79 Å². The number of imidazole rings is 1. The number of amides is 1. The molecule has 2 aliphatic rings. The van der Waals surface area contributed by atoms with Crippen molar-refractivity contribution in [1.29, 1.82) is 0 Å². The Morgan fingerprint density at radius 1 is 1.39 bits per heavy atom. The van der Waals surface area contributed by atoms with Crippen LogP contribution in [0.5, 0.6) is 0 Å². The lowest BCUT2D eigenvalue weighted by Crippen LogP contribution is -2.45. The molecule has 0 saturated carbocycles. The van der Waals surface area contributed by atoms with E-state index in [4.69, 9.17) is 14.5 Å². The van der Waals surface area contributed by atoms with E-state index in [0.717, 1.165) is 36.2 Å². The molecule has 2 fully saturated rings. The van der Waals surface area contributed by atoms with E-state index in [0.29, 0.717) is 19.8 Å². The first-order chi connectivity index (χ1) is 11.2. The van der Waals surface area contributed by atoms with Crippen molar-refractivity contribution in [2.75, 3.05) is 26.4 Å². The van der Waals surface area contributed by atoms with Crippen LogP contribution < -0.4 is 0 Å². The molecule has 2 aromatic rings. The summed E-state index contributed by atoms with van der Waals surface area (Å²) in [6, 6.07) is 6.16. The van der Waals surface area contributed by atoms with Crippen molar-refractivity contribution in [3.8, 4) is 0 Å². The van der Waals surface area contributed by atoms with E-state index >= 15 is 0 Å². The van der Waals surface area contributed by atoms with Crippen molar-refractivity contribution in [2.45, 2.75) is 31.9 Å². The standard InChI is InChI=1S/C17H21N3O3/c1-11-4-5-12-13(9-11)19-16(18-12)14-3-2-6-20(14)17(21)15-10-22-7-8-23-15/h4-5,9,14-15H,2-3,6-8,10H2,1H3,(H,18,19). The van der Waals surface area contributed by atoms with Crippen molar-refractivity contribution in [3.63, 3.8) is 0 Å². The first-order valence-electron chi connectivity index (χ1n) is 8.18. The fraction of sp³-hybridized carbons (Fsp3) is 0.529. The van der Waals surface area contributed by atoms with Gasteiger partial charge in [0.15, 0.2) is 6.10 Å². The zero-order valence-electron chi connectivity index (χ0n) is 13.2. The zero-order chi connectivity index (χ0) is 15.8. The van der Waals surface area contributed by atoms with Crippen molar-refractivity contribution >= 4 is 16.9 Å². The number of rotatable bonds is 2. The number of hydrogen-bond donors (Lipinski definition) is 1. The molecule has 0 bridgehead atoms. The van der Waals surface area contributed by atoms with Crippen molar-refractivity contribution in [1.82, 2.24) is 14.9 Å². The number of H-pyrrole nitrogens is 1. The number of aromatic amines is 1. The minimum atomic E-state index is -0.476. The van der Waals surface area contributed by atoms with E-state index in [-0.39, 0.29) is 11.9 Å². The number of aromatic nitrogens is 2. The Hall–Kier alpha value is -1.92. The molecule has 6 heteroatoms. The molecule has 0 radical (unpaired) electrons. The molecule has 6 nitrogen and oxygen atoms in total. The highest BCUT2D eigenvalue weighted by Crippen LogP contribution is 2.32. The SMILES string of the molecule is Cc1ccc2nc(C3CCCN3C(=O)C3COCCO3)[nH]c2c1. The van der Waals surface area contributed by atoms with Gasteiger partial charge in [0.05, 0.1) is 36.9 Å². The van der Waals surface area contributed by atoms with Crippen molar-refractivity contribution in [3.05, 3.63) is 29.6 Å². The van der Waals surface area contributed by atoms with Crippen LogP contribution in [0.25, 0.3) is 11.0 Å². The van der Waals surface area contributed by atoms with Gasteiger partial charge in [0.25, 0.3) is 5.91 Å². The Morgan fingerprint density at radius 3 is 3.13 bits per heavy atom. The van der Waals surface area contributed by atoms with E-state index in [1.165, 1.54) is 5.56 Å². The molecule has 4 rings (SSSR count). The molecule has 2 atom stereocenters. The summed E-state index contributed by atoms with van der Waals surface area (Å²) in [4.78, 5) is 22.7. The molecule has 1 N–H and O–H groups in total. The number of hydrogen-bond acceptors (Lipinski definition) is 4. The van der Waals surface area contributed by atoms with Crippen LogP contribution >= 0.6 is 0 Å². The van der Waals surface area contributed by atoms with Crippen LogP contribution in [0.1, 0.15) is 30.3 Å². The topological polar surface area (TPSA) is 67.5 Å². The summed E-state index contributed by atoms with van der Waals surface area (Å²) >= 11 is 0. The molecule has 3 heterocycles. The van der Waals surface area contributed by atoms with Gasteiger partial charge >= 0.3 is 0 Å². The number of ether oxygens (including phenoxy) is 2. The third-order valence-corrected chi connectivity index (χ3v) is 4.60. The van der Waals surface area contributed by atoms with Gasteiger partial charge in [0.1, 0.15) is 5.82 Å². The van der Waals surface area contributed by atoms with Gasteiger partial charge in [-0.25, -0.2) is 4.98 Å². The van der Waals surface area contributed by atoms with Crippen LogP contribution in [0, 0.1) is 6.92 Å². The number of carbonyl (C=O) groups is 1. The predicted octanol–water partition coefficient (Wildman–Crippen LogP) is 1.95. The zero-order valence-corrected chi connectivity index (χ0v) is 13.2. The van der Waals surface area contributed by atoms with Gasteiger partial charge in [0, 0.05) is 6.54 Å². The van der Waals surface area contributed by atoms with Gasteiger partial charge in [-0.2, -0.15) is 0 Å². The van der Waals surface area contributed by atoms with Gasteiger partial charge in [0.2, 0.25) is 0 Å². The van der Waals surface area contributed by atoms with E-state index in [2.05, 4.69) is 24.0 Å². The predicted molar refractivity (Wildman–Crippen MR) is 85.1 cm³/mol. The Bertz CT molecular complexity index is 721. The molecule has 122 valence electrons. The molecule has 2 saturated heterocycles. The third kappa shape index (κ3) is 2.72. The summed E-state index contributed by atoms with van der Waals surface area (Å²) in [5.41, 5.74) is 3.17. The van der Waals surface area contributed by atoms with Gasteiger partial charge in [-0.15, -0.1) is 0 Å². The lowest BCUT2D eigenvalue weighted by molar-refractivity contribution is -0.159. The van der Waals surface area contributed by atoms with E-state index in [1.54, 1.807) is 0 Å². The van der Waals surface area contributed by atoms with Crippen molar-refractivity contribution in [2.24, 2.45) is 0 Å². The number of carbonyl (C=O) groups excluding carboxylic acids is 1. The smallest absolute Gasteiger partial charge is 0.254 e. The number of nitrogens with zero attached hydrogens (tertiary/aromatic N) is 2. The van der Waals surface area contributed by atoms with Crippen LogP contribution in [0.3, 0.4) is 0 Å². The normalized spacial score (nSPS) is 25.2. The Morgan fingerprint density at radius 2 is 2.30 bits per heavy atom. The quantitative estimate of drug-likeness (QED) is 0.920. The number of benzene rings is 1. The molecule has 2 aliphatic heterocycles. The molecule has 2 unspecified atom stereocenters. The average Bonchev–Trinajstić information content (AvgIpc) is 3.20. The molecule has 23 heavy (non-hydrogen) atoms. The van der Waals surface area contributed by atoms with E-state index < -0.39 is 6.10 Å². The van der Waals surface area contributed by atoms with Crippen LogP contribution in [0.2, 0.25) is 0 Å². The fourth-order valence-electron chi connectivity index (χ4n) is 3.43. The minimum absolute atomic E-state index is 0.000678. The summed E-state index contributed by atoms with van der Waals surface area (Å²) in [7, 11) is 0. The number of likely N-dealkylation sites (tertiary alicyclic amines) is 1.